The summed E-state index contributed by atoms with van der Waals surface area (Å²) in [5.41, 5.74) is 4.56. The van der Waals surface area contributed by atoms with Crippen LogP contribution in [0.5, 0.6) is 0 Å². The van der Waals surface area contributed by atoms with E-state index in [0.717, 1.165) is 47.6 Å². The number of unbranched alkanes of at least 4 members (excludes halogenated alkanes) is 1. The first kappa shape index (κ1) is 19.9. The molecule has 0 aliphatic heterocycles. The fraction of sp³-hybridized carbons (Fsp3) is 0.476. The Labute approximate surface area is 165 Å². The van der Waals surface area contributed by atoms with Crippen LogP contribution in [0.1, 0.15) is 50.8 Å². The van der Waals surface area contributed by atoms with E-state index in [9.17, 15) is 4.79 Å². The molecule has 150 valence electrons. The van der Waals surface area contributed by atoms with Crippen LogP contribution < -0.4 is 5.32 Å². The Morgan fingerprint density at radius 1 is 1.21 bits per heavy atom. The number of fused-ring (bicyclic) bond motifs is 1. The van der Waals surface area contributed by atoms with Gasteiger partial charge in [0.2, 0.25) is 0 Å². The summed E-state index contributed by atoms with van der Waals surface area (Å²) in [6, 6.07) is 7.50. The topological polar surface area (TPSA) is 84.3 Å². The molecule has 0 saturated carbocycles. The number of hydrogen-bond acceptors (Lipinski definition) is 4. The fourth-order valence-electron chi connectivity index (χ4n) is 3.12. The maximum Gasteiger partial charge on any atom is 0.411 e. The van der Waals surface area contributed by atoms with Gasteiger partial charge in [0.05, 0.1) is 12.3 Å². The van der Waals surface area contributed by atoms with E-state index >= 15 is 0 Å². The molecule has 7 heteroatoms. The molecule has 1 amide bonds. The molecule has 7 nitrogen and oxygen atoms in total. The first-order valence-corrected chi connectivity index (χ1v) is 9.98. The van der Waals surface area contributed by atoms with Gasteiger partial charge in [0.25, 0.3) is 0 Å². The van der Waals surface area contributed by atoms with Crippen LogP contribution in [-0.4, -0.2) is 32.5 Å². The lowest BCUT2D eigenvalue weighted by atomic mass is 10.0. The van der Waals surface area contributed by atoms with Crippen molar-refractivity contribution < 1.29 is 9.53 Å². The number of rotatable bonds is 8. The van der Waals surface area contributed by atoms with Crippen molar-refractivity contribution in [2.45, 2.75) is 53.4 Å². The van der Waals surface area contributed by atoms with Gasteiger partial charge in [-0.25, -0.2) is 4.79 Å². The molecule has 0 aliphatic carbocycles. The highest BCUT2D eigenvalue weighted by Gasteiger charge is 2.12. The van der Waals surface area contributed by atoms with Gasteiger partial charge in [-0.1, -0.05) is 33.1 Å². The molecule has 2 aromatic heterocycles. The molecule has 1 atom stereocenters. The molecule has 3 aromatic rings. The Bertz CT molecular complexity index is 926. The van der Waals surface area contributed by atoms with Gasteiger partial charge in [-0.05, 0) is 50.5 Å². The highest BCUT2D eigenvalue weighted by molar-refractivity contribution is 5.85. The van der Waals surface area contributed by atoms with Crippen LogP contribution in [0, 0.1) is 19.8 Å². The number of carbonyl (C=O) groups is 1. The van der Waals surface area contributed by atoms with Gasteiger partial charge in [0.15, 0.2) is 11.5 Å². The standard InChI is InChI=1S/C21H29N5O2/c1-5-7-8-16(6-2)13-28-21(27)22-18-11-9-17(10-12-18)19-23-20-14(3)15(4)24-26(20)25-19/h9-12,16H,5-8,13H2,1-4H3,(H,22,27)(H,23,25). The molecular weight excluding hydrogens is 354 g/mol. The van der Waals surface area contributed by atoms with E-state index in [1.54, 1.807) is 4.63 Å². The van der Waals surface area contributed by atoms with Crippen molar-refractivity contribution >= 4 is 17.4 Å². The van der Waals surface area contributed by atoms with Crippen LogP contribution in [0.2, 0.25) is 0 Å². The van der Waals surface area contributed by atoms with Gasteiger partial charge in [0, 0.05) is 16.8 Å². The lowest BCUT2D eigenvalue weighted by Gasteiger charge is -2.15. The molecule has 0 saturated heterocycles. The number of nitrogens with zero attached hydrogens (tertiary/aromatic N) is 3. The first-order valence-electron chi connectivity index (χ1n) is 9.98. The number of hydrogen-bond donors (Lipinski definition) is 2. The molecule has 0 aliphatic rings. The minimum absolute atomic E-state index is 0.412. The molecule has 0 spiro atoms. The normalized spacial score (nSPS) is 12.3. The number of aryl methyl sites for hydroxylation is 2. The second kappa shape index (κ2) is 8.91. The Morgan fingerprint density at radius 2 is 1.96 bits per heavy atom. The van der Waals surface area contributed by atoms with Gasteiger partial charge in [0.1, 0.15) is 0 Å². The van der Waals surface area contributed by atoms with Crippen molar-refractivity contribution in [3.63, 3.8) is 0 Å². The molecule has 3 rings (SSSR count). The largest absolute Gasteiger partial charge is 0.449 e. The van der Waals surface area contributed by atoms with E-state index in [2.05, 4.69) is 34.3 Å². The van der Waals surface area contributed by atoms with Crippen LogP contribution in [0.4, 0.5) is 10.5 Å². The van der Waals surface area contributed by atoms with Crippen molar-refractivity contribution in [3.05, 3.63) is 35.5 Å². The molecule has 0 radical (unpaired) electrons. The maximum absolute atomic E-state index is 12.1. The summed E-state index contributed by atoms with van der Waals surface area (Å²) in [5, 5.41) is 11.6. The van der Waals surface area contributed by atoms with E-state index in [0.29, 0.717) is 18.2 Å². The van der Waals surface area contributed by atoms with Crippen LogP contribution in [0.3, 0.4) is 0 Å². The number of aromatic nitrogens is 4. The monoisotopic (exact) mass is 383 g/mol. The van der Waals surface area contributed by atoms with E-state index in [4.69, 9.17) is 4.74 Å². The van der Waals surface area contributed by atoms with Crippen LogP contribution in [0.15, 0.2) is 24.3 Å². The summed E-state index contributed by atoms with van der Waals surface area (Å²) >= 11 is 0. The third-order valence-corrected chi connectivity index (χ3v) is 5.17. The van der Waals surface area contributed by atoms with Crippen molar-refractivity contribution in [1.82, 2.24) is 19.8 Å². The second-order valence-corrected chi connectivity index (χ2v) is 7.24. The predicted molar refractivity (Wildman–Crippen MR) is 111 cm³/mol. The van der Waals surface area contributed by atoms with Crippen molar-refractivity contribution in [2.75, 3.05) is 11.9 Å². The summed E-state index contributed by atoms with van der Waals surface area (Å²) < 4.78 is 7.00. The van der Waals surface area contributed by atoms with E-state index < -0.39 is 6.09 Å². The summed E-state index contributed by atoms with van der Waals surface area (Å²) in [4.78, 5) is 15.3. The zero-order valence-corrected chi connectivity index (χ0v) is 17.1. The third-order valence-electron chi connectivity index (χ3n) is 5.17. The maximum atomic E-state index is 12.1. The van der Waals surface area contributed by atoms with E-state index in [-0.39, 0.29) is 0 Å². The lowest BCUT2D eigenvalue weighted by Crippen LogP contribution is -2.18. The van der Waals surface area contributed by atoms with Gasteiger partial charge in [-0.15, -0.1) is 9.73 Å². The van der Waals surface area contributed by atoms with E-state index in [1.807, 2.05) is 38.1 Å². The minimum atomic E-state index is -0.412. The number of carbonyl (C=O) groups excluding carboxylic acids is 1. The van der Waals surface area contributed by atoms with Crippen molar-refractivity contribution in [3.8, 4) is 11.4 Å². The van der Waals surface area contributed by atoms with Gasteiger partial charge < -0.3 is 9.72 Å². The molecule has 1 unspecified atom stereocenters. The molecule has 1 aromatic carbocycles. The van der Waals surface area contributed by atoms with E-state index in [1.165, 1.54) is 6.42 Å². The van der Waals surface area contributed by atoms with Crippen LogP contribution in [-0.2, 0) is 4.74 Å². The summed E-state index contributed by atoms with van der Waals surface area (Å²) in [7, 11) is 0. The SMILES string of the molecule is CCCCC(CC)COC(=O)Nc1ccc(-c2nn3nc(C)c(C)c3[nH]2)cc1. The first-order chi connectivity index (χ1) is 13.5. The number of benzene rings is 1. The highest BCUT2D eigenvalue weighted by atomic mass is 16.5. The zero-order valence-electron chi connectivity index (χ0n) is 17.1. The smallest absolute Gasteiger partial charge is 0.411 e. The number of aromatic amines is 1. The molecule has 0 bridgehead atoms. The second-order valence-electron chi connectivity index (χ2n) is 7.24. The zero-order chi connectivity index (χ0) is 20.1. The number of nitrogens with one attached hydrogen (secondary N) is 2. The van der Waals surface area contributed by atoms with Crippen molar-refractivity contribution in [2.24, 2.45) is 5.92 Å². The quantitative estimate of drug-likeness (QED) is 0.566. The number of H-pyrrole nitrogens is 1. The highest BCUT2D eigenvalue weighted by Crippen LogP contribution is 2.21. The number of amides is 1. The molecule has 28 heavy (non-hydrogen) atoms. The molecule has 0 fully saturated rings. The predicted octanol–water partition coefficient (Wildman–Crippen LogP) is 5.11. The van der Waals surface area contributed by atoms with Gasteiger partial charge >= 0.3 is 6.09 Å². The fourth-order valence-corrected chi connectivity index (χ4v) is 3.12. The van der Waals surface area contributed by atoms with Crippen molar-refractivity contribution in [1.29, 1.82) is 0 Å². The van der Waals surface area contributed by atoms with Crippen LogP contribution >= 0.6 is 0 Å². The lowest BCUT2D eigenvalue weighted by molar-refractivity contribution is 0.136. The van der Waals surface area contributed by atoms with Gasteiger partial charge in [-0.3, -0.25) is 5.32 Å². The number of anilines is 1. The Hall–Kier alpha value is -2.83. The van der Waals surface area contributed by atoms with Gasteiger partial charge in [-0.2, -0.15) is 5.10 Å². The Morgan fingerprint density at radius 3 is 2.61 bits per heavy atom. The minimum Gasteiger partial charge on any atom is -0.449 e. The molecular formula is C21H29N5O2. The van der Waals surface area contributed by atoms with Crippen LogP contribution in [0.25, 0.3) is 17.0 Å². The summed E-state index contributed by atoms with van der Waals surface area (Å²) in [6.45, 7) is 8.75. The summed E-state index contributed by atoms with van der Waals surface area (Å²) in [6.07, 6.45) is 4.04. The Balaban J connectivity index is 1.58. The average Bonchev–Trinajstić information content (AvgIpc) is 3.22. The molecule has 2 N–H and O–H groups in total. The molecule has 2 heterocycles. The third kappa shape index (κ3) is 4.52. The average molecular weight is 383 g/mol. The Kier molecular flexibility index (Phi) is 6.34. The number of ether oxygens (including phenoxy) is 1. The summed E-state index contributed by atoms with van der Waals surface area (Å²) in [5.74, 6) is 1.17.